The van der Waals surface area contributed by atoms with Crippen molar-refractivity contribution in [3.63, 3.8) is 0 Å². The van der Waals surface area contributed by atoms with Gasteiger partial charge < -0.3 is 4.42 Å². The van der Waals surface area contributed by atoms with Crippen LogP contribution in [0.2, 0.25) is 0 Å². The molecular formula is C36H22O. The Morgan fingerprint density at radius 1 is 0.459 bits per heavy atom. The van der Waals surface area contributed by atoms with Gasteiger partial charge in [-0.2, -0.15) is 0 Å². The van der Waals surface area contributed by atoms with Gasteiger partial charge in [-0.25, -0.2) is 0 Å². The van der Waals surface area contributed by atoms with E-state index in [2.05, 4.69) is 30.3 Å². The van der Waals surface area contributed by atoms with Gasteiger partial charge in [-0.15, -0.1) is 0 Å². The van der Waals surface area contributed by atoms with Gasteiger partial charge in [0.15, 0.2) is 0 Å². The minimum Gasteiger partial charge on any atom is -0.456 e. The maximum absolute atomic E-state index is 8.77. The highest BCUT2D eigenvalue weighted by Crippen LogP contribution is 2.45. The molecule has 172 valence electrons. The van der Waals surface area contributed by atoms with Crippen molar-refractivity contribution in [2.24, 2.45) is 0 Å². The van der Waals surface area contributed by atoms with E-state index < -0.39 is 6.04 Å². The fraction of sp³-hybridized carbons (Fsp3) is 0. The average Bonchev–Trinajstić information content (AvgIpc) is 3.41. The van der Waals surface area contributed by atoms with Gasteiger partial charge in [-0.05, 0) is 72.8 Å². The topological polar surface area (TPSA) is 13.1 Å². The first-order valence-corrected chi connectivity index (χ1v) is 12.3. The minimum atomic E-state index is -0.396. The Hall–Kier alpha value is -4.88. The maximum atomic E-state index is 8.77. The lowest BCUT2D eigenvalue weighted by molar-refractivity contribution is 0.669. The molecular weight excluding hydrogens is 448 g/mol. The standard InChI is InChI=1S/C36H22O/c1-2-11-24(12-3-1)34-27-14-6-8-16-29(27)35(30-17-9-7-15-28(30)34)25-19-20-32-31(22-25)36-26-13-5-4-10-23(26)18-21-33(36)37-32/h1-22H/i1D,2D,3D,11D,12D. The first-order valence-electron chi connectivity index (χ1n) is 14.8. The molecule has 0 atom stereocenters. The maximum Gasteiger partial charge on any atom is 0.136 e. The van der Waals surface area contributed by atoms with Gasteiger partial charge in [0, 0.05) is 10.8 Å². The van der Waals surface area contributed by atoms with Crippen LogP contribution in [0.1, 0.15) is 6.85 Å². The number of hydrogen-bond acceptors (Lipinski definition) is 1. The first-order chi connectivity index (χ1) is 20.4. The van der Waals surface area contributed by atoms with Gasteiger partial charge in [0.25, 0.3) is 0 Å². The predicted molar refractivity (Wildman–Crippen MR) is 157 cm³/mol. The summed E-state index contributed by atoms with van der Waals surface area (Å²) in [6.07, 6.45) is 0. The Kier molecular flexibility index (Phi) is 3.37. The van der Waals surface area contributed by atoms with E-state index in [-0.39, 0.29) is 29.7 Å². The quantitative estimate of drug-likeness (QED) is 0.227. The molecule has 0 saturated carbocycles. The Balaban J connectivity index is 1.52. The number of hydrogen-bond donors (Lipinski definition) is 0. The monoisotopic (exact) mass is 475 g/mol. The summed E-state index contributed by atoms with van der Waals surface area (Å²) in [5, 5.41) is 7.93. The van der Waals surface area contributed by atoms with Crippen LogP contribution in [0.4, 0.5) is 0 Å². The van der Waals surface area contributed by atoms with E-state index in [9.17, 15) is 0 Å². The number of furan rings is 1. The SMILES string of the molecule is [2H]c1c([2H])c([2H])c(-c2c3ccccc3c(-c3ccc4oc5ccc6ccccc6c5c4c3)c3ccccc23)c([2H])c1[2H]. The van der Waals surface area contributed by atoms with Gasteiger partial charge in [0.1, 0.15) is 11.2 Å². The highest BCUT2D eigenvalue weighted by molar-refractivity contribution is 6.23. The molecule has 0 N–H and O–H groups in total. The molecule has 8 aromatic rings. The highest BCUT2D eigenvalue weighted by Gasteiger charge is 2.18. The Labute approximate surface area is 221 Å². The van der Waals surface area contributed by atoms with Crippen LogP contribution in [0.5, 0.6) is 0 Å². The van der Waals surface area contributed by atoms with Crippen molar-refractivity contribution in [3.05, 3.63) is 133 Å². The van der Waals surface area contributed by atoms with Gasteiger partial charge in [-0.3, -0.25) is 0 Å². The zero-order chi connectivity index (χ0) is 28.7. The molecule has 37 heavy (non-hydrogen) atoms. The van der Waals surface area contributed by atoms with Crippen LogP contribution in [0, 0.1) is 0 Å². The van der Waals surface area contributed by atoms with Crippen LogP contribution >= 0.6 is 0 Å². The van der Waals surface area contributed by atoms with Crippen LogP contribution in [0.15, 0.2) is 138 Å². The summed E-state index contributed by atoms with van der Waals surface area (Å²) in [5.41, 5.74) is 4.54. The van der Waals surface area contributed by atoms with Gasteiger partial charge in [0.2, 0.25) is 0 Å². The number of rotatable bonds is 2. The Morgan fingerprint density at radius 3 is 1.70 bits per heavy atom. The average molecular weight is 476 g/mol. The van der Waals surface area contributed by atoms with E-state index in [1.54, 1.807) is 0 Å². The Bertz CT molecular complexity index is 2340. The number of fused-ring (bicyclic) bond motifs is 7. The fourth-order valence-electron chi connectivity index (χ4n) is 5.79. The van der Waals surface area contributed by atoms with E-state index in [1.807, 2.05) is 72.8 Å². The zero-order valence-corrected chi connectivity index (χ0v) is 19.7. The summed E-state index contributed by atoms with van der Waals surface area (Å²) in [5.74, 6) is 0. The lowest BCUT2D eigenvalue weighted by Gasteiger charge is -2.17. The van der Waals surface area contributed by atoms with Gasteiger partial charge >= 0.3 is 0 Å². The molecule has 0 radical (unpaired) electrons. The normalized spacial score (nSPS) is 13.7. The molecule has 1 nitrogen and oxygen atoms in total. The van der Waals surface area contributed by atoms with Crippen LogP contribution in [-0.2, 0) is 0 Å². The van der Waals surface area contributed by atoms with E-state index in [1.165, 1.54) is 0 Å². The van der Waals surface area contributed by atoms with Crippen molar-refractivity contribution in [1.82, 2.24) is 0 Å². The fourth-order valence-corrected chi connectivity index (χ4v) is 5.79. The smallest absolute Gasteiger partial charge is 0.136 e. The largest absolute Gasteiger partial charge is 0.456 e. The molecule has 0 saturated heterocycles. The summed E-state index contributed by atoms with van der Waals surface area (Å²) >= 11 is 0. The van der Waals surface area contributed by atoms with Crippen LogP contribution in [-0.4, -0.2) is 0 Å². The molecule has 1 heteroatoms. The van der Waals surface area contributed by atoms with E-state index in [4.69, 9.17) is 11.3 Å². The van der Waals surface area contributed by atoms with Crippen LogP contribution < -0.4 is 0 Å². The number of benzene rings is 7. The molecule has 8 rings (SSSR count). The molecule has 0 aliphatic heterocycles. The molecule has 0 amide bonds. The lowest BCUT2D eigenvalue weighted by atomic mass is 9.86. The second kappa shape index (κ2) is 7.81. The molecule has 7 aromatic carbocycles. The molecule has 0 aliphatic carbocycles. The van der Waals surface area contributed by atoms with Crippen molar-refractivity contribution < 1.29 is 11.3 Å². The van der Waals surface area contributed by atoms with E-state index in [0.717, 1.165) is 65.4 Å². The second-order valence-electron chi connectivity index (χ2n) is 9.31. The Morgan fingerprint density at radius 2 is 1.03 bits per heavy atom. The third-order valence-corrected chi connectivity index (χ3v) is 7.33. The summed E-state index contributed by atoms with van der Waals surface area (Å²) in [6, 6.07) is 33.1. The van der Waals surface area contributed by atoms with Crippen molar-refractivity contribution >= 4 is 54.3 Å². The molecule has 0 unspecified atom stereocenters. The van der Waals surface area contributed by atoms with Crippen molar-refractivity contribution in [2.45, 2.75) is 0 Å². The van der Waals surface area contributed by atoms with Gasteiger partial charge in [-0.1, -0.05) is 115 Å². The van der Waals surface area contributed by atoms with Crippen molar-refractivity contribution in [3.8, 4) is 22.3 Å². The van der Waals surface area contributed by atoms with Crippen molar-refractivity contribution in [2.75, 3.05) is 0 Å². The summed E-state index contributed by atoms with van der Waals surface area (Å²) in [7, 11) is 0. The van der Waals surface area contributed by atoms with E-state index >= 15 is 0 Å². The van der Waals surface area contributed by atoms with Crippen LogP contribution in [0.3, 0.4) is 0 Å². The molecule has 1 aromatic heterocycles. The third kappa shape index (κ3) is 2.98. The predicted octanol–water partition coefficient (Wildman–Crippen LogP) is 10.4. The molecule has 0 fully saturated rings. The highest BCUT2D eigenvalue weighted by atomic mass is 16.3. The first kappa shape index (κ1) is 16.0. The molecule has 0 bridgehead atoms. The molecule has 1 heterocycles. The summed E-state index contributed by atoms with van der Waals surface area (Å²) < 4.78 is 48.6. The minimum absolute atomic E-state index is 0.206. The van der Waals surface area contributed by atoms with Crippen LogP contribution in [0.25, 0.3) is 76.5 Å². The van der Waals surface area contributed by atoms with Crippen molar-refractivity contribution in [1.29, 1.82) is 0 Å². The second-order valence-corrected chi connectivity index (χ2v) is 9.31. The van der Waals surface area contributed by atoms with Gasteiger partial charge in [0.05, 0.1) is 6.85 Å². The zero-order valence-electron chi connectivity index (χ0n) is 24.7. The molecule has 0 spiro atoms. The summed E-state index contributed by atoms with van der Waals surface area (Å²) in [4.78, 5) is 0. The third-order valence-electron chi connectivity index (χ3n) is 7.33. The molecule has 0 aliphatic rings. The summed E-state index contributed by atoms with van der Waals surface area (Å²) in [6.45, 7) is 0. The van der Waals surface area contributed by atoms with E-state index in [0.29, 0.717) is 5.56 Å². The lowest BCUT2D eigenvalue weighted by Crippen LogP contribution is -1.90.